The summed E-state index contributed by atoms with van der Waals surface area (Å²) in [5.74, 6) is 0. The molecule has 3 N–H and O–H groups in total. The van der Waals surface area contributed by atoms with Crippen molar-refractivity contribution in [3.05, 3.63) is 31.0 Å². The Morgan fingerprint density at radius 3 is 3.23 bits per heavy atom. The van der Waals surface area contributed by atoms with Crippen molar-refractivity contribution >= 4 is 34.0 Å². The predicted octanol–water partition coefficient (Wildman–Crippen LogP) is 2.04. The Morgan fingerprint density at radius 1 is 1.50 bits per heavy atom. The van der Waals surface area contributed by atoms with E-state index in [1.165, 1.54) is 6.20 Å². The lowest BCUT2D eigenvalue weighted by molar-refractivity contribution is 0.866. The van der Waals surface area contributed by atoms with E-state index in [2.05, 4.69) is 26.0 Å². The van der Waals surface area contributed by atoms with E-state index in [1.54, 1.807) is 18.7 Å². The molecule has 0 saturated heterocycles. The number of allylic oxidation sites excluding steroid dienone is 1. The molecule has 3 rings (SSSR count). The molecule has 0 amide bonds. The molecule has 3 aromatic rings. The Morgan fingerprint density at radius 2 is 2.41 bits per heavy atom. The maximum Gasteiger partial charge on any atom is 0.139 e. The molecule has 0 unspecified atom stereocenters. The first-order valence-electron chi connectivity index (χ1n) is 6.93. The van der Waals surface area contributed by atoms with Gasteiger partial charge in [-0.2, -0.15) is 5.26 Å². The minimum atomic E-state index is 0.503. The minimum absolute atomic E-state index is 0.503. The number of pyridine rings is 1. The summed E-state index contributed by atoms with van der Waals surface area (Å²) in [7, 11) is 0. The number of nitrogens with one attached hydrogen (secondary N) is 1. The van der Waals surface area contributed by atoms with Gasteiger partial charge in [0.25, 0.3) is 0 Å². The highest BCUT2D eigenvalue weighted by Crippen LogP contribution is 2.23. The second kappa shape index (κ2) is 6.10. The van der Waals surface area contributed by atoms with E-state index in [4.69, 9.17) is 11.0 Å². The summed E-state index contributed by atoms with van der Waals surface area (Å²) >= 11 is 0. The van der Waals surface area contributed by atoms with Gasteiger partial charge in [-0.25, -0.2) is 9.97 Å². The van der Waals surface area contributed by atoms with Crippen LogP contribution in [0.3, 0.4) is 0 Å². The number of aromatic amines is 1. The van der Waals surface area contributed by atoms with E-state index in [9.17, 15) is 0 Å². The van der Waals surface area contributed by atoms with Crippen LogP contribution in [0.1, 0.15) is 12.8 Å². The van der Waals surface area contributed by atoms with Crippen molar-refractivity contribution in [2.45, 2.75) is 12.8 Å². The van der Waals surface area contributed by atoms with Crippen molar-refractivity contribution in [3.63, 3.8) is 0 Å². The van der Waals surface area contributed by atoms with Gasteiger partial charge in [-0.05, 0) is 12.5 Å². The summed E-state index contributed by atoms with van der Waals surface area (Å²) in [5, 5.41) is 9.49. The van der Waals surface area contributed by atoms with Crippen LogP contribution in [-0.2, 0) is 0 Å². The Bertz CT molecular complexity index is 892. The standard InChI is InChI=1S/C15H15N7/c16-4-1-2-5-18-8-11(7-17)22-10-21-13-9-20-15-12(14(13)22)3-6-19-15/h3,6-10H,1-2,5,17H2,(H,19,20). The van der Waals surface area contributed by atoms with Crippen molar-refractivity contribution in [1.29, 1.82) is 5.26 Å². The van der Waals surface area contributed by atoms with Crippen LogP contribution in [-0.4, -0.2) is 32.3 Å². The highest BCUT2D eigenvalue weighted by Gasteiger charge is 2.10. The van der Waals surface area contributed by atoms with Crippen molar-refractivity contribution in [2.24, 2.45) is 10.7 Å². The molecule has 0 spiro atoms. The third-order valence-electron chi connectivity index (χ3n) is 3.34. The maximum absolute atomic E-state index is 8.52. The lowest BCUT2D eigenvalue weighted by Gasteiger charge is -2.04. The second-order valence-corrected chi connectivity index (χ2v) is 4.74. The summed E-state index contributed by atoms with van der Waals surface area (Å²) in [6, 6.07) is 4.06. The van der Waals surface area contributed by atoms with Crippen LogP contribution in [0.4, 0.5) is 0 Å². The molecular weight excluding hydrogens is 278 g/mol. The van der Waals surface area contributed by atoms with Crippen molar-refractivity contribution in [3.8, 4) is 6.07 Å². The first kappa shape index (κ1) is 13.8. The summed E-state index contributed by atoms with van der Waals surface area (Å²) in [5.41, 5.74) is 9.00. The van der Waals surface area contributed by atoms with E-state index in [-0.39, 0.29) is 0 Å². The van der Waals surface area contributed by atoms with Crippen LogP contribution in [0.5, 0.6) is 0 Å². The van der Waals surface area contributed by atoms with Crippen LogP contribution >= 0.6 is 0 Å². The molecule has 0 radical (unpaired) electrons. The molecule has 0 atom stereocenters. The third-order valence-corrected chi connectivity index (χ3v) is 3.34. The monoisotopic (exact) mass is 293 g/mol. The Hall–Kier alpha value is -3.14. The molecule has 7 heteroatoms. The van der Waals surface area contributed by atoms with Gasteiger partial charge in [-0.15, -0.1) is 0 Å². The lowest BCUT2D eigenvalue weighted by Crippen LogP contribution is -2.01. The number of imidazole rings is 1. The zero-order valence-corrected chi connectivity index (χ0v) is 11.9. The molecule has 0 aromatic carbocycles. The molecule has 0 saturated carbocycles. The van der Waals surface area contributed by atoms with Crippen LogP contribution in [0.2, 0.25) is 0 Å². The molecule has 3 aromatic heterocycles. The number of fused-ring (bicyclic) bond motifs is 3. The highest BCUT2D eigenvalue weighted by molar-refractivity contribution is 6.09. The highest BCUT2D eigenvalue weighted by atomic mass is 15.1. The third kappa shape index (κ3) is 2.42. The molecule has 22 heavy (non-hydrogen) atoms. The first-order valence-corrected chi connectivity index (χ1v) is 6.93. The molecular formula is C15H15N7. The van der Waals surface area contributed by atoms with Gasteiger partial charge in [0.05, 0.1) is 23.5 Å². The fraction of sp³-hybridized carbons (Fsp3) is 0.200. The average Bonchev–Trinajstić information content (AvgIpc) is 3.16. The topological polar surface area (TPSA) is 109 Å². The molecule has 0 aliphatic rings. The van der Waals surface area contributed by atoms with E-state index in [0.717, 1.165) is 34.2 Å². The molecule has 0 aliphatic heterocycles. The number of rotatable bonds is 5. The normalized spacial score (nSPS) is 12.4. The number of aliphatic imine (C=N–C) groups is 1. The number of hydrogen-bond donors (Lipinski definition) is 2. The summed E-state index contributed by atoms with van der Waals surface area (Å²) in [6.45, 7) is 0.596. The summed E-state index contributed by atoms with van der Waals surface area (Å²) in [6.07, 6.45) is 9.72. The Balaban J connectivity index is 1.98. The smallest absolute Gasteiger partial charge is 0.139 e. The van der Waals surface area contributed by atoms with E-state index in [0.29, 0.717) is 13.0 Å². The average molecular weight is 293 g/mol. The maximum atomic E-state index is 8.52. The lowest BCUT2D eigenvalue weighted by atomic mass is 10.3. The zero-order valence-electron chi connectivity index (χ0n) is 11.9. The fourth-order valence-corrected chi connectivity index (χ4v) is 2.30. The van der Waals surface area contributed by atoms with Gasteiger partial charge in [0.15, 0.2) is 0 Å². The zero-order chi connectivity index (χ0) is 15.4. The van der Waals surface area contributed by atoms with Gasteiger partial charge in [0, 0.05) is 37.0 Å². The van der Waals surface area contributed by atoms with E-state index in [1.807, 2.05) is 16.8 Å². The number of nitriles is 1. The number of aromatic nitrogens is 4. The fourth-order valence-electron chi connectivity index (χ4n) is 2.30. The van der Waals surface area contributed by atoms with Crippen LogP contribution in [0.25, 0.3) is 27.8 Å². The van der Waals surface area contributed by atoms with Crippen molar-refractivity contribution < 1.29 is 0 Å². The number of hydrogen-bond acceptors (Lipinski definition) is 5. The van der Waals surface area contributed by atoms with Crippen LogP contribution in [0, 0.1) is 11.3 Å². The van der Waals surface area contributed by atoms with E-state index < -0.39 is 0 Å². The van der Waals surface area contributed by atoms with Crippen LogP contribution in [0.15, 0.2) is 36.0 Å². The molecule has 110 valence electrons. The molecule has 0 aliphatic carbocycles. The Kier molecular flexibility index (Phi) is 3.83. The van der Waals surface area contributed by atoms with E-state index >= 15 is 0 Å². The molecule has 3 heterocycles. The van der Waals surface area contributed by atoms with Gasteiger partial charge in [-0.1, -0.05) is 0 Å². The van der Waals surface area contributed by atoms with Gasteiger partial charge in [0.2, 0.25) is 0 Å². The number of nitrogens with two attached hydrogens (primary N) is 1. The number of H-pyrrole nitrogens is 1. The van der Waals surface area contributed by atoms with Crippen LogP contribution < -0.4 is 5.73 Å². The Labute approximate surface area is 126 Å². The predicted molar refractivity (Wildman–Crippen MR) is 86.1 cm³/mol. The summed E-state index contributed by atoms with van der Waals surface area (Å²) < 4.78 is 1.89. The quantitative estimate of drug-likeness (QED) is 0.554. The molecule has 0 bridgehead atoms. The van der Waals surface area contributed by atoms with Crippen molar-refractivity contribution in [2.75, 3.05) is 6.54 Å². The number of nitrogens with zero attached hydrogens (tertiary/aromatic N) is 5. The first-order chi connectivity index (χ1) is 10.8. The van der Waals surface area contributed by atoms with Crippen molar-refractivity contribution in [1.82, 2.24) is 19.5 Å². The molecule has 0 fully saturated rings. The summed E-state index contributed by atoms with van der Waals surface area (Å²) in [4.78, 5) is 16.1. The van der Waals surface area contributed by atoms with Gasteiger partial charge in [-0.3, -0.25) is 9.56 Å². The number of unbranched alkanes of at least 4 members (excludes halogenated alkanes) is 1. The molecule has 7 nitrogen and oxygen atoms in total. The SMILES string of the molecule is N#CCCCN=CC(=CN)n1cnc2cnc3[nH]ccc3c21. The second-order valence-electron chi connectivity index (χ2n) is 4.74. The largest absolute Gasteiger partial charge is 0.403 e. The minimum Gasteiger partial charge on any atom is -0.403 e. The van der Waals surface area contributed by atoms with Gasteiger partial charge < -0.3 is 10.7 Å². The van der Waals surface area contributed by atoms with Gasteiger partial charge >= 0.3 is 0 Å². The van der Waals surface area contributed by atoms with Gasteiger partial charge in [0.1, 0.15) is 17.5 Å².